The largest absolute Gasteiger partial charge is 0.330 e. The summed E-state index contributed by atoms with van der Waals surface area (Å²) in [6, 6.07) is 0. The molecule has 0 atom stereocenters. The van der Waals surface area contributed by atoms with Crippen LogP contribution in [0.1, 0.15) is 36.7 Å². The maximum absolute atomic E-state index is 5.54. The fraction of sp³-hybridized carbons (Fsp3) is 0.700. The molecule has 0 aromatic carbocycles. The average Bonchev–Trinajstić information content (AvgIpc) is 2.32. The molecule has 0 unspecified atom stereocenters. The molecule has 1 rings (SSSR count). The number of aryl methyl sites for hydroxylation is 1. The normalized spacial score (nSPS) is 11.2. The van der Waals surface area contributed by atoms with E-state index < -0.39 is 0 Å². The van der Waals surface area contributed by atoms with Crippen molar-refractivity contribution in [2.45, 2.75) is 33.1 Å². The third-order valence-corrected chi connectivity index (χ3v) is 2.39. The molecule has 2 N–H and O–H groups in total. The zero-order valence-corrected chi connectivity index (χ0v) is 8.96. The van der Waals surface area contributed by atoms with Crippen LogP contribution in [0.4, 0.5) is 0 Å². The molecule has 0 spiro atoms. The number of nitrogens with two attached hydrogens (primary N) is 1. The van der Waals surface area contributed by atoms with E-state index in [-0.39, 0.29) is 0 Å². The van der Waals surface area contributed by atoms with Crippen LogP contribution < -0.4 is 5.73 Å². The first kappa shape index (κ1) is 10.3. The van der Waals surface area contributed by atoms with Gasteiger partial charge < -0.3 is 5.73 Å². The smallest absolute Gasteiger partial charge is 0.0681 e. The van der Waals surface area contributed by atoms with E-state index in [2.05, 4.69) is 25.9 Å². The molecule has 0 bridgehead atoms. The number of rotatable bonds is 3. The summed E-state index contributed by atoms with van der Waals surface area (Å²) >= 11 is 0. The highest BCUT2D eigenvalue weighted by Crippen LogP contribution is 2.20. The van der Waals surface area contributed by atoms with Crippen LogP contribution in [0.25, 0.3) is 0 Å². The van der Waals surface area contributed by atoms with Crippen LogP contribution in [0.15, 0.2) is 0 Å². The predicted molar refractivity (Wildman–Crippen MR) is 54.8 cm³/mol. The van der Waals surface area contributed by atoms with Crippen molar-refractivity contribution in [3.8, 4) is 0 Å². The van der Waals surface area contributed by atoms with Gasteiger partial charge in [0, 0.05) is 19.2 Å². The lowest BCUT2D eigenvalue weighted by molar-refractivity contribution is 0.679. The van der Waals surface area contributed by atoms with Gasteiger partial charge in [0.1, 0.15) is 0 Å². The van der Waals surface area contributed by atoms with Gasteiger partial charge in [0.2, 0.25) is 0 Å². The molecule has 0 saturated heterocycles. The van der Waals surface area contributed by atoms with Gasteiger partial charge in [0.25, 0.3) is 0 Å². The second-order valence-electron chi connectivity index (χ2n) is 3.77. The standard InChI is InChI=1S/C10H19N3/c1-7(2)10-8(3)9(5-6-11)13(4)12-10/h7H,5-6,11H2,1-4H3. The van der Waals surface area contributed by atoms with Gasteiger partial charge in [-0.1, -0.05) is 13.8 Å². The summed E-state index contributed by atoms with van der Waals surface area (Å²) in [5, 5.41) is 4.49. The fourth-order valence-corrected chi connectivity index (χ4v) is 1.72. The molecule has 1 aromatic rings. The van der Waals surface area contributed by atoms with Crippen LogP contribution in [0.3, 0.4) is 0 Å². The molecule has 1 heterocycles. The van der Waals surface area contributed by atoms with E-state index in [1.54, 1.807) is 0 Å². The van der Waals surface area contributed by atoms with Crippen molar-refractivity contribution >= 4 is 0 Å². The number of hydrogen-bond acceptors (Lipinski definition) is 2. The van der Waals surface area contributed by atoms with Crippen LogP contribution in [0.5, 0.6) is 0 Å². The minimum Gasteiger partial charge on any atom is -0.330 e. The maximum atomic E-state index is 5.54. The molecule has 0 saturated carbocycles. The summed E-state index contributed by atoms with van der Waals surface area (Å²) in [6.07, 6.45) is 0.919. The maximum Gasteiger partial charge on any atom is 0.0681 e. The summed E-state index contributed by atoms with van der Waals surface area (Å²) in [5.41, 5.74) is 9.32. The Labute approximate surface area is 79.9 Å². The predicted octanol–water partition coefficient (Wildman–Crippen LogP) is 1.35. The molecule has 0 aliphatic carbocycles. The quantitative estimate of drug-likeness (QED) is 0.765. The fourth-order valence-electron chi connectivity index (χ4n) is 1.72. The summed E-state index contributed by atoms with van der Waals surface area (Å²) in [7, 11) is 1.99. The summed E-state index contributed by atoms with van der Waals surface area (Å²) in [6.45, 7) is 7.16. The van der Waals surface area contributed by atoms with Crippen molar-refractivity contribution < 1.29 is 0 Å². The van der Waals surface area contributed by atoms with Crippen molar-refractivity contribution in [1.29, 1.82) is 0 Å². The Hall–Kier alpha value is -0.830. The van der Waals surface area contributed by atoms with E-state index >= 15 is 0 Å². The molecule has 0 amide bonds. The lowest BCUT2D eigenvalue weighted by Gasteiger charge is -2.01. The first-order valence-corrected chi connectivity index (χ1v) is 4.80. The van der Waals surface area contributed by atoms with Crippen molar-refractivity contribution in [3.63, 3.8) is 0 Å². The van der Waals surface area contributed by atoms with Crippen molar-refractivity contribution in [2.24, 2.45) is 12.8 Å². The van der Waals surface area contributed by atoms with Gasteiger partial charge in [-0.3, -0.25) is 4.68 Å². The topological polar surface area (TPSA) is 43.8 Å². The van der Waals surface area contributed by atoms with Gasteiger partial charge in [-0.2, -0.15) is 5.10 Å². The van der Waals surface area contributed by atoms with Gasteiger partial charge in [0.05, 0.1) is 5.69 Å². The zero-order valence-electron chi connectivity index (χ0n) is 8.96. The molecule has 0 radical (unpaired) electrons. The molecule has 0 aliphatic rings. The molecule has 13 heavy (non-hydrogen) atoms. The summed E-state index contributed by atoms with van der Waals surface area (Å²) in [4.78, 5) is 0. The number of nitrogens with zero attached hydrogens (tertiary/aromatic N) is 2. The van der Waals surface area contributed by atoms with Crippen LogP contribution in [-0.4, -0.2) is 16.3 Å². The minimum atomic E-state index is 0.498. The third-order valence-electron chi connectivity index (χ3n) is 2.39. The van der Waals surface area contributed by atoms with E-state index in [1.165, 1.54) is 17.0 Å². The molecule has 3 nitrogen and oxygen atoms in total. The van der Waals surface area contributed by atoms with Crippen LogP contribution in [0, 0.1) is 6.92 Å². The summed E-state index contributed by atoms with van der Waals surface area (Å²) < 4.78 is 1.96. The Morgan fingerprint density at radius 2 is 2.08 bits per heavy atom. The van der Waals surface area contributed by atoms with E-state index in [0.717, 1.165) is 6.42 Å². The Balaban J connectivity index is 3.07. The van der Waals surface area contributed by atoms with Crippen molar-refractivity contribution in [2.75, 3.05) is 6.54 Å². The van der Waals surface area contributed by atoms with Crippen molar-refractivity contribution in [1.82, 2.24) is 9.78 Å². The highest BCUT2D eigenvalue weighted by Gasteiger charge is 2.13. The molecule has 3 heteroatoms. The lowest BCUT2D eigenvalue weighted by atomic mass is 10.0. The SMILES string of the molecule is Cc1c(C(C)C)nn(C)c1CCN. The zero-order chi connectivity index (χ0) is 10.0. The van der Waals surface area contributed by atoms with Crippen LogP contribution in [0.2, 0.25) is 0 Å². The van der Waals surface area contributed by atoms with Gasteiger partial charge in [-0.05, 0) is 24.9 Å². The second kappa shape index (κ2) is 3.92. The van der Waals surface area contributed by atoms with Gasteiger partial charge in [0.15, 0.2) is 0 Å². The highest BCUT2D eigenvalue weighted by atomic mass is 15.3. The highest BCUT2D eigenvalue weighted by molar-refractivity contribution is 5.27. The molecular formula is C10H19N3. The Kier molecular flexibility index (Phi) is 3.09. The van der Waals surface area contributed by atoms with Crippen LogP contribution >= 0.6 is 0 Å². The van der Waals surface area contributed by atoms with Crippen LogP contribution in [-0.2, 0) is 13.5 Å². The summed E-state index contributed by atoms with van der Waals surface area (Å²) in [5.74, 6) is 0.498. The van der Waals surface area contributed by atoms with E-state index in [1.807, 2.05) is 11.7 Å². The second-order valence-corrected chi connectivity index (χ2v) is 3.77. The number of aromatic nitrogens is 2. The van der Waals surface area contributed by atoms with Crippen molar-refractivity contribution in [3.05, 3.63) is 17.0 Å². The van der Waals surface area contributed by atoms with E-state index in [4.69, 9.17) is 5.73 Å². The first-order valence-electron chi connectivity index (χ1n) is 4.80. The van der Waals surface area contributed by atoms with Gasteiger partial charge in [-0.15, -0.1) is 0 Å². The molecule has 0 fully saturated rings. The molecule has 0 aliphatic heterocycles. The Morgan fingerprint density at radius 3 is 2.46 bits per heavy atom. The first-order chi connectivity index (χ1) is 6.07. The monoisotopic (exact) mass is 181 g/mol. The third kappa shape index (κ3) is 1.91. The minimum absolute atomic E-state index is 0.498. The van der Waals surface area contributed by atoms with E-state index in [9.17, 15) is 0 Å². The lowest BCUT2D eigenvalue weighted by Crippen LogP contribution is -2.08. The van der Waals surface area contributed by atoms with Gasteiger partial charge >= 0.3 is 0 Å². The number of hydrogen-bond donors (Lipinski definition) is 1. The Bertz CT molecular complexity index is 287. The Morgan fingerprint density at radius 1 is 1.46 bits per heavy atom. The van der Waals surface area contributed by atoms with Gasteiger partial charge in [-0.25, -0.2) is 0 Å². The average molecular weight is 181 g/mol. The molecule has 1 aromatic heterocycles. The molecular weight excluding hydrogens is 162 g/mol. The van der Waals surface area contributed by atoms with E-state index in [0.29, 0.717) is 12.5 Å². The molecule has 74 valence electrons.